The predicted molar refractivity (Wildman–Crippen MR) is 92.4 cm³/mol. The lowest BCUT2D eigenvalue weighted by Gasteiger charge is -2.43. The molecule has 1 aromatic rings. The van der Waals surface area contributed by atoms with Crippen molar-refractivity contribution in [1.29, 1.82) is 0 Å². The van der Waals surface area contributed by atoms with Crippen molar-refractivity contribution in [3.05, 3.63) is 5.89 Å². The number of nitrogens with zero attached hydrogens (tertiary/aromatic N) is 3. The minimum Gasteiger partial charge on any atom is -0.449 e. The molecule has 1 atom stereocenters. The van der Waals surface area contributed by atoms with Crippen LogP contribution in [0.3, 0.4) is 0 Å². The number of carbonyl (C=O) groups is 1. The highest BCUT2D eigenvalue weighted by Crippen LogP contribution is 2.38. The van der Waals surface area contributed by atoms with Gasteiger partial charge in [-0.1, -0.05) is 25.7 Å². The Labute approximate surface area is 148 Å². The summed E-state index contributed by atoms with van der Waals surface area (Å²) in [4.78, 5) is 18.7. The van der Waals surface area contributed by atoms with Gasteiger partial charge in [-0.15, -0.1) is 0 Å². The van der Waals surface area contributed by atoms with E-state index in [9.17, 15) is 4.79 Å². The first-order chi connectivity index (χ1) is 12.3. The quantitative estimate of drug-likeness (QED) is 0.794. The van der Waals surface area contributed by atoms with Gasteiger partial charge >= 0.3 is 6.09 Å². The van der Waals surface area contributed by atoms with E-state index in [-0.39, 0.29) is 5.95 Å². The van der Waals surface area contributed by atoms with Crippen LogP contribution in [0.1, 0.15) is 63.2 Å². The van der Waals surface area contributed by atoms with Crippen LogP contribution in [0.2, 0.25) is 0 Å². The monoisotopic (exact) mass is 348 g/mol. The molecule has 25 heavy (non-hydrogen) atoms. The summed E-state index contributed by atoms with van der Waals surface area (Å²) >= 11 is 0. The van der Waals surface area contributed by atoms with E-state index in [0.717, 1.165) is 25.3 Å². The van der Waals surface area contributed by atoms with Crippen molar-refractivity contribution in [2.75, 3.05) is 31.6 Å². The highest BCUT2D eigenvalue weighted by atomic mass is 16.5. The maximum atomic E-state index is 11.9. The van der Waals surface area contributed by atoms with Gasteiger partial charge in [-0.2, -0.15) is 4.98 Å². The normalized spacial score (nSPS) is 29.0. The molecule has 1 aromatic heterocycles. The van der Waals surface area contributed by atoms with E-state index in [1.165, 1.54) is 51.6 Å². The summed E-state index contributed by atoms with van der Waals surface area (Å²) in [5.74, 6) is 2.61. The summed E-state index contributed by atoms with van der Waals surface area (Å²) < 4.78 is 10.6. The molecule has 5 rings (SSSR count). The summed E-state index contributed by atoms with van der Waals surface area (Å²) in [6.45, 7) is 3.78. The van der Waals surface area contributed by atoms with Gasteiger partial charge in [0.1, 0.15) is 0 Å². The van der Waals surface area contributed by atoms with Gasteiger partial charge in [0.2, 0.25) is 5.89 Å². The average molecular weight is 348 g/mol. The van der Waals surface area contributed by atoms with E-state index in [1.807, 2.05) is 0 Å². The molecule has 1 saturated carbocycles. The number of carbonyl (C=O) groups excluding carboxylic acids is 1. The van der Waals surface area contributed by atoms with E-state index >= 15 is 0 Å². The molecule has 7 nitrogen and oxygen atoms in total. The van der Waals surface area contributed by atoms with Gasteiger partial charge in [-0.25, -0.2) is 4.79 Å². The Bertz CT molecular complexity index is 577. The summed E-state index contributed by atoms with van der Waals surface area (Å²) in [5, 5.41) is 6.47. The number of aromatic nitrogens is 2. The zero-order valence-corrected chi connectivity index (χ0v) is 14.8. The first kappa shape index (κ1) is 16.8. The molecular weight excluding hydrogens is 320 g/mol. The smallest absolute Gasteiger partial charge is 0.414 e. The third kappa shape index (κ3) is 4.14. The van der Waals surface area contributed by atoms with Crippen LogP contribution in [-0.2, 0) is 4.74 Å². The first-order valence-corrected chi connectivity index (χ1v) is 9.77. The number of ether oxygens (including phenoxy) is 1. The molecule has 138 valence electrons. The zero-order chi connectivity index (χ0) is 17.1. The molecule has 1 N–H and O–H groups in total. The van der Waals surface area contributed by atoms with E-state index in [0.29, 0.717) is 24.3 Å². The fourth-order valence-electron chi connectivity index (χ4n) is 4.64. The van der Waals surface area contributed by atoms with E-state index < -0.39 is 6.09 Å². The van der Waals surface area contributed by atoms with Gasteiger partial charge in [0.15, 0.2) is 0 Å². The lowest BCUT2D eigenvalue weighted by Crippen LogP contribution is -2.46. The molecule has 4 fully saturated rings. The number of amides is 1. The fourth-order valence-corrected chi connectivity index (χ4v) is 4.64. The largest absolute Gasteiger partial charge is 0.449 e. The molecule has 3 aliphatic heterocycles. The second kappa shape index (κ2) is 7.72. The maximum Gasteiger partial charge on any atom is 0.414 e. The standard InChI is InChI=1S/C18H28N4O3/c23-18(24-11-3-6-13-4-1-2-5-13)20-17-19-16(25-21-17)15-12-22-9-7-14(15)8-10-22/h13-15H,1-12H2,(H,20,21,23). The molecule has 4 heterocycles. The van der Waals surface area contributed by atoms with Gasteiger partial charge in [-0.05, 0) is 55.8 Å². The van der Waals surface area contributed by atoms with Gasteiger partial charge in [0.05, 0.1) is 12.5 Å². The lowest BCUT2D eigenvalue weighted by atomic mass is 9.79. The molecule has 3 saturated heterocycles. The van der Waals surface area contributed by atoms with Crippen molar-refractivity contribution >= 4 is 12.0 Å². The molecule has 1 unspecified atom stereocenters. The lowest BCUT2D eigenvalue weighted by molar-refractivity contribution is 0.0727. The minimum atomic E-state index is -0.493. The van der Waals surface area contributed by atoms with Crippen LogP contribution in [0, 0.1) is 11.8 Å². The Hall–Kier alpha value is -1.63. The van der Waals surface area contributed by atoms with Crippen molar-refractivity contribution in [3.8, 4) is 0 Å². The Balaban J connectivity index is 1.20. The van der Waals surface area contributed by atoms with Crippen molar-refractivity contribution in [1.82, 2.24) is 15.0 Å². The topological polar surface area (TPSA) is 80.5 Å². The number of hydrogen-bond donors (Lipinski definition) is 1. The molecule has 1 aliphatic carbocycles. The molecule has 4 aliphatic rings. The second-order valence-corrected chi connectivity index (χ2v) is 7.75. The first-order valence-electron chi connectivity index (χ1n) is 9.77. The summed E-state index contributed by atoms with van der Waals surface area (Å²) in [5.41, 5.74) is 0. The van der Waals surface area contributed by atoms with E-state index in [1.54, 1.807) is 0 Å². The average Bonchev–Trinajstić information content (AvgIpc) is 3.32. The Morgan fingerprint density at radius 3 is 2.76 bits per heavy atom. The van der Waals surface area contributed by atoms with Gasteiger partial charge in [0, 0.05) is 6.54 Å². The third-order valence-corrected chi connectivity index (χ3v) is 6.09. The molecule has 1 amide bonds. The molecule has 0 spiro atoms. The van der Waals surface area contributed by atoms with Crippen LogP contribution < -0.4 is 5.32 Å². The predicted octanol–water partition coefficient (Wildman–Crippen LogP) is 3.40. The minimum absolute atomic E-state index is 0.215. The second-order valence-electron chi connectivity index (χ2n) is 7.75. The molecular formula is C18H28N4O3. The van der Waals surface area contributed by atoms with Crippen molar-refractivity contribution in [2.24, 2.45) is 11.8 Å². The number of piperidine rings is 3. The van der Waals surface area contributed by atoms with Crippen LogP contribution >= 0.6 is 0 Å². The van der Waals surface area contributed by atoms with Gasteiger partial charge < -0.3 is 14.2 Å². The molecule has 7 heteroatoms. The van der Waals surface area contributed by atoms with Gasteiger partial charge in [0.25, 0.3) is 5.95 Å². The molecule has 0 radical (unpaired) electrons. The third-order valence-electron chi connectivity index (χ3n) is 6.09. The Morgan fingerprint density at radius 1 is 1.24 bits per heavy atom. The SMILES string of the molecule is O=C(Nc1noc(C2CN3CCC2CC3)n1)OCCCC1CCCC1. The highest BCUT2D eigenvalue weighted by Gasteiger charge is 2.38. The number of fused-ring (bicyclic) bond motifs is 3. The van der Waals surface area contributed by atoms with Crippen LogP contribution in [0.15, 0.2) is 4.52 Å². The summed E-state index contributed by atoms with van der Waals surface area (Å²) in [7, 11) is 0. The Kier molecular flexibility index (Phi) is 5.20. The van der Waals surface area contributed by atoms with E-state index in [4.69, 9.17) is 9.26 Å². The van der Waals surface area contributed by atoms with Crippen LogP contribution in [0.5, 0.6) is 0 Å². The summed E-state index contributed by atoms with van der Waals surface area (Å²) in [6.07, 6.45) is 9.34. The number of anilines is 1. The fraction of sp³-hybridized carbons (Fsp3) is 0.833. The maximum absolute atomic E-state index is 11.9. The number of hydrogen-bond acceptors (Lipinski definition) is 6. The summed E-state index contributed by atoms with van der Waals surface area (Å²) in [6, 6.07) is 0. The van der Waals surface area contributed by atoms with E-state index in [2.05, 4.69) is 20.4 Å². The van der Waals surface area contributed by atoms with Crippen molar-refractivity contribution in [3.63, 3.8) is 0 Å². The van der Waals surface area contributed by atoms with Crippen molar-refractivity contribution < 1.29 is 14.1 Å². The molecule has 0 aromatic carbocycles. The van der Waals surface area contributed by atoms with Crippen LogP contribution in [0.25, 0.3) is 0 Å². The van der Waals surface area contributed by atoms with Crippen LogP contribution in [0.4, 0.5) is 10.7 Å². The highest BCUT2D eigenvalue weighted by molar-refractivity contribution is 5.81. The molecule has 2 bridgehead atoms. The Morgan fingerprint density at radius 2 is 2.04 bits per heavy atom. The zero-order valence-electron chi connectivity index (χ0n) is 14.8. The number of nitrogens with one attached hydrogen (secondary N) is 1. The number of rotatable bonds is 6. The van der Waals surface area contributed by atoms with Gasteiger partial charge in [-0.3, -0.25) is 5.32 Å². The van der Waals surface area contributed by atoms with Crippen molar-refractivity contribution in [2.45, 2.75) is 57.3 Å². The van der Waals surface area contributed by atoms with Crippen LogP contribution in [-0.4, -0.2) is 47.4 Å².